The molecular formula is C16H16ClN7. The first-order valence-corrected chi connectivity index (χ1v) is 7.65. The lowest BCUT2D eigenvalue weighted by Gasteiger charge is -2.23. The van der Waals surface area contributed by atoms with E-state index in [1.165, 1.54) is 6.33 Å². The van der Waals surface area contributed by atoms with Gasteiger partial charge >= 0.3 is 0 Å². The van der Waals surface area contributed by atoms with Crippen LogP contribution in [0.5, 0.6) is 0 Å². The average Bonchev–Trinajstić information content (AvgIpc) is 2.59. The highest BCUT2D eigenvalue weighted by molar-refractivity contribution is 6.30. The first-order valence-electron chi connectivity index (χ1n) is 7.27. The molecule has 24 heavy (non-hydrogen) atoms. The van der Waals surface area contributed by atoms with E-state index in [2.05, 4.69) is 27.4 Å². The Morgan fingerprint density at radius 1 is 1.08 bits per heavy atom. The Balaban J connectivity index is 2.25. The Kier molecular flexibility index (Phi) is 6.18. The van der Waals surface area contributed by atoms with Crippen LogP contribution in [0.3, 0.4) is 0 Å². The third kappa shape index (κ3) is 4.48. The maximum Gasteiger partial charge on any atom is 0.159 e. The molecule has 0 fully saturated rings. The molecular weight excluding hydrogens is 326 g/mol. The van der Waals surface area contributed by atoms with Crippen LogP contribution in [-0.4, -0.2) is 23.1 Å². The highest BCUT2D eigenvalue weighted by Crippen LogP contribution is 2.29. The van der Waals surface area contributed by atoms with Gasteiger partial charge in [-0.2, -0.15) is 10.5 Å². The fourth-order valence-electron chi connectivity index (χ4n) is 2.10. The lowest BCUT2D eigenvalue weighted by atomic mass is 10.3. The van der Waals surface area contributed by atoms with Crippen molar-refractivity contribution < 1.29 is 0 Å². The number of halogens is 1. The van der Waals surface area contributed by atoms with Gasteiger partial charge in [-0.3, -0.25) is 0 Å². The molecule has 2 aromatic rings. The fourth-order valence-corrected chi connectivity index (χ4v) is 2.23. The maximum atomic E-state index is 8.80. The van der Waals surface area contributed by atoms with Crippen molar-refractivity contribution >= 4 is 34.6 Å². The lowest BCUT2D eigenvalue weighted by Crippen LogP contribution is -2.27. The van der Waals surface area contributed by atoms with Crippen molar-refractivity contribution in [3.8, 4) is 12.1 Å². The third-order valence-electron chi connectivity index (χ3n) is 3.26. The van der Waals surface area contributed by atoms with Gasteiger partial charge < -0.3 is 16.0 Å². The zero-order valence-electron chi connectivity index (χ0n) is 12.9. The molecule has 8 heteroatoms. The Morgan fingerprint density at radius 2 is 1.71 bits per heavy atom. The van der Waals surface area contributed by atoms with Crippen molar-refractivity contribution in [3.63, 3.8) is 0 Å². The molecule has 0 aliphatic heterocycles. The van der Waals surface area contributed by atoms with E-state index in [-0.39, 0.29) is 0 Å². The molecule has 0 saturated carbocycles. The summed E-state index contributed by atoms with van der Waals surface area (Å²) in [6.45, 7) is 0.888. The van der Waals surface area contributed by atoms with Crippen molar-refractivity contribution in [3.05, 3.63) is 35.6 Å². The van der Waals surface area contributed by atoms with E-state index in [1.807, 2.05) is 17.0 Å². The van der Waals surface area contributed by atoms with Crippen molar-refractivity contribution in [2.24, 2.45) is 0 Å². The van der Waals surface area contributed by atoms with Crippen LogP contribution in [0.2, 0.25) is 5.02 Å². The number of benzene rings is 1. The van der Waals surface area contributed by atoms with E-state index in [0.717, 1.165) is 5.69 Å². The van der Waals surface area contributed by atoms with E-state index in [4.69, 9.17) is 27.9 Å². The van der Waals surface area contributed by atoms with E-state index < -0.39 is 0 Å². The van der Waals surface area contributed by atoms with Crippen LogP contribution in [-0.2, 0) is 0 Å². The topological polar surface area (TPSA) is 115 Å². The lowest BCUT2D eigenvalue weighted by molar-refractivity contribution is 0.782. The number of nitrogens with one attached hydrogen (secondary N) is 1. The second-order valence-corrected chi connectivity index (χ2v) is 5.33. The Morgan fingerprint density at radius 3 is 2.29 bits per heavy atom. The van der Waals surface area contributed by atoms with E-state index in [0.29, 0.717) is 48.3 Å². The van der Waals surface area contributed by atoms with Crippen LogP contribution in [0.4, 0.5) is 23.0 Å². The Bertz CT molecular complexity index is 743. The summed E-state index contributed by atoms with van der Waals surface area (Å²) in [6, 6.07) is 11.3. The van der Waals surface area contributed by atoms with Gasteiger partial charge in [-0.05, 0) is 24.3 Å². The molecule has 2 rings (SSSR count). The molecule has 122 valence electrons. The first kappa shape index (κ1) is 17.3. The molecule has 0 atom stereocenters. The van der Waals surface area contributed by atoms with Crippen LogP contribution in [0.1, 0.15) is 12.8 Å². The van der Waals surface area contributed by atoms with Crippen LogP contribution in [0.25, 0.3) is 0 Å². The fraction of sp³-hybridized carbons (Fsp3) is 0.250. The SMILES string of the molecule is N#CCCN(CCC#N)c1ncnc(Nc2ccc(Cl)cc2)c1N. The zero-order valence-corrected chi connectivity index (χ0v) is 13.7. The summed E-state index contributed by atoms with van der Waals surface area (Å²) in [5.41, 5.74) is 7.34. The number of nitrogens with zero attached hydrogens (tertiary/aromatic N) is 5. The molecule has 7 nitrogen and oxygen atoms in total. The van der Waals surface area contributed by atoms with Crippen molar-refractivity contribution in [1.29, 1.82) is 10.5 Å². The van der Waals surface area contributed by atoms with Gasteiger partial charge in [-0.15, -0.1) is 0 Å². The average molecular weight is 342 g/mol. The van der Waals surface area contributed by atoms with E-state index in [9.17, 15) is 0 Å². The van der Waals surface area contributed by atoms with Gasteiger partial charge in [0.25, 0.3) is 0 Å². The van der Waals surface area contributed by atoms with Gasteiger partial charge in [0.15, 0.2) is 11.6 Å². The van der Waals surface area contributed by atoms with E-state index >= 15 is 0 Å². The molecule has 1 aromatic heterocycles. The summed E-state index contributed by atoms with van der Waals surface area (Å²) in [4.78, 5) is 10.2. The van der Waals surface area contributed by atoms with Gasteiger partial charge in [0.2, 0.25) is 0 Å². The Hall–Kier alpha value is -3.03. The number of anilines is 4. The van der Waals surface area contributed by atoms with Crippen LogP contribution in [0.15, 0.2) is 30.6 Å². The number of nitrogens with two attached hydrogens (primary N) is 1. The molecule has 0 unspecified atom stereocenters. The number of nitrogen functional groups attached to an aromatic ring is 1. The van der Waals surface area contributed by atoms with Crippen LogP contribution >= 0.6 is 11.6 Å². The minimum atomic E-state index is 0.314. The number of aromatic nitrogens is 2. The number of nitriles is 2. The summed E-state index contributed by atoms with van der Waals surface area (Å²) in [6.07, 6.45) is 2.03. The highest BCUT2D eigenvalue weighted by atomic mass is 35.5. The highest BCUT2D eigenvalue weighted by Gasteiger charge is 2.15. The molecule has 0 aliphatic rings. The third-order valence-corrected chi connectivity index (χ3v) is 3.51. The predicted molar refractivity (Wildman–Crippen MR) is 93.9 cm³/mol. The maximum absolute atomic E-state index is 8.80. The summed E-state index contributed by atoms with van der Waals surface area (Å²) < 4.78 is 0. The summed E-state index contributed by atoms with van der Waals surface area (Å²) in [5.74, 6) is 0.966. The van der Waals surface area contributed by atoms with Gasteiger partial charge in [0.05, 0.1) is 25.0 Å². The molecule has 0 aliphatic carbocycles. The predicted octanol–water partition coefficient (Wildman–Crippen LogP) is 3.09. The normalized spacial score (nSPS) is 9.79. The van der Waals surface area contributed by atoms with Crippen molar-refractivity contribution in [1.82, 2.24) is 9.97 Å². The molecule has 1 aromatic carbocycles. The smallest absolute Gasteiger partial charge is 0.159 e. The largest absolute Gasteiger partial charge is 0.393 e. The molecule has 0 amide bonds. The number of hydrogen-bond acceptors (Lipinski definition) is 7. The summed E-state index contributed by atoms with van der Waals surface area (Å²) in [7, 11) is 0. The standard InChI is InChI=1S/C16H16ClN7/c17-12-3-5-13(6-4-12)23-15-14(20)16(22-11-21-15)24(9-1-7-18)10-2-8-19/h3-6,11H,1-2,9-10,20H2,(H,21,22,23). The minimum absolute atomic E-state index is 0.314. The molecule has 0 bridgehead atoms. The summed E-state index contributed by atoms with van der Waals surface area (Å²) in [5, 5.41) is 21.4. The minimum Gasteiger partial charge on any atom is -0.393 e. The van der Waals surface area contributed by atoms with Gasteiger partial charge in [-0.1, -0.05) is 11.6 Å². The molecule has 1 heterocycles. The van der Waals surface area contributed by atoms with Crippen LogP contribution in [0, 0.1) is 22.7 Å². The second-order valence-electron chi connectivity index (χ2n) is 4.89. The van der Waals surface area contributed by atoms with Crippen LogP contribution < -0.4 is 16.0 Å². The molecule has 0 saturated heterocycles. The second kappa shape index (κ2) is 8.56. The zero-order chi connectivity index (χ0) is 17.4. The Labute approximate surface area is 145 Å². The number of rotatable bonds is 7. The first-order chi connectivity index (χ1) is 11.7. The molecule has 3 N–H and O–H groups in total. The van der Waals surface area contributed by atoms with Gasteiger partial charge in [-0.25, -0.2) is 9.97 Å². The monoisotopic (exact) mass is 341 g/mol. The quantitative estimate of drug-likeness (QED) is 0.795. The number of hydrogen-bond donors (Lipinski definition) is 2. The summed E-state index contributed by atoms with van der Waals surface area (Å²) >= 11 is 5.87. The van der Waals surface area contributed by atoms with Crippen molar-refractivity contribution in [2.45, 2.75) is 12.8 Å². The van der Waals surface area contributed by atoms with Gasteiger partial charge in [0, 0.05) is 23.8 Å². The molecule has 0 spiro atoms. The van der Waals surface area contributed by atoms with E-state index in [1.54, 1.807) is 12.1 Å². The van der Waals surface area contributed by atoms with Gasteiger partial charge in [0.1, 0.15) is 12.0 Å². The van der Waals surface area contributed by atoms with Crippen molar-refractivity contribution in [2.75, 3.05) is 29.0 Å². The molecule has 0 radical (unpaired) electrons.